The standard InChI is InChI=1S/C27H30N4O7.Li/c1-35-24-7-5-21-26(29-24)18(8-10-28-21)3-2-11-30(12-9-25(32)33)16-20-17-31(27(34)38-20)19-4-6-22-23(15-19)37-14-13-36-22;/h4-8,10,15,20H,2-3,9,11-14,16-17H2,1H3,(H,32,33);/q;+1/p-1. The summed E-state index contributed by atoms with van der Waals surface area (Å²) in [5, 5.41) is 11.2. The van der Waals surface area contributed by atoms with E-state index in [0.717, 1.165) is 29.4 Å². The first kappa shape index (κ1) is 28.5. The average Bonchev–Trinajstić information content (AvgIpc) is 3.30. The summed E-state index contributed by atoms with van der Waals surface area (Å²) in [5.41, 5.74) is 3.27. The topological polar surface area (TPSA) is 126 Å². The molecule has 5 rings (SSSR count). The number of carbonyl (C=O) groups excluding carboxylic acids is 2. The molecule has 11 nitrogen and oxygen atoms in total. The summed E-state index contributed by atoms with van der Waals surface area (Å²) in [6.45, 7) is 2.60. The van der Waals surface area contributed by atoms with Crippen molar-refractivity contribution in [3.63, 3.8) is 0 Å². The van der Waals surface area contributed by atoms with E-state index in [4.69, 9.17) is 18.9 Å². The van der Waals surface area contributed by atoms with Crippen LogP contribution < -0.4 is 43.1 Å². The van der Waals surface area contributed by atoms with Crippen molar-refractivity contribution >= 4 is 28.8 Å². The van der Waals surface area contributed by atoms with Gasteiger partial charge >= 0.3 is 25.0 Å². The second kappa shape index (κ2) is 13.0. The number of hydrogen-bond acceptors (Lipinski definition) is 10. The number of pyridine rings is 2. The molecule has 0 aliphatic carbocycles. The van der Waals surface area contributed by atoms with Crippen LogP contribution in [0.1, 0.15) is 18.4 Å². The zero-order chi connectivity index (χ0) is 26.5. The summed E-state index contributed by atoms with van der Waals surface area (Å²) in [6, 6.07) is 10.9. The minimum absolute atomic E-state index is 0. The van der Waals surface area contributed by atoms with E-state index in [9.17, 15) is 14.7 Å². The summed E-state index contributed by atoms with van der Waals surface area (Å²) in [6.07, 6.45) is 2.25. The van der Waals surface area contributed by atoms with Crippen molar-refractivity contribution in [3.8, 4) is 17.4 Å². The van der Waals surface area contributed by atoms with Crippen molar-refractivity contribution in [2.24, 2.45) is 0 Å². The zero-order valence-corrected chi connectivity index (χ0v) is 22.1. The van der Waals surface area contributed by atoms with E-state index >= 15 is 0 Å². The van der Waals surface area contributed by atoms with Crippen LogP contribution in [0.25, 0.3) is 11.0 Å². The van der Waals surface area contributed by atoms with E-state index in [2.05, 4.69) is 9.97 Å². The summed E-state index contributed by atoms with van der Waals surface area (Å²) < 4.78 is 22.1. The van der Waals surface area contributed by atoms with Crippen molar-refractivity contribution in [3.05, 3.63) is 48.2 Å². The van der Waals surface area contributed by atoms with Crippen LogP contribution in [0.3, 0.4) is 0 Å². The molecule has 0 spiro atoms. The molecule has 39 heavy (non-hydrogen) atoms. The molecule has 1 unspecified atom stereocenters. The molecule has 2 aliphatic heterocycles. The van der Waals surface area contributed by atoms with E-state index in [1.54, 1.807) is 42.5 Å². The number of amides is 1. The zero-order valence-electron chi connectivity index (χ0n) is 22.1. The van der Waals surface area contributed by atoms with Crippen LogP contribution in [0, 0.1) is 0 Å². The molecule has 1 saturated heterocycles. The third-order valence-electron chi connectivity index (χ3n) is 6.58. The number of carboxylic acid groups (broad SMARTS) is 1. The molecule has 4 heterocycles. The molecule has 200 valence electrons. The second-order valence-corrected chi connectivity index (χ2v) is 9.16. The molecule has 1 fully saturated rings. The van der Waals surface area contributed by atoms with Gasteiger partial charge in [-0.15, -0.1) is 0 Å². The molecule has 0 radical (unpaired) electrons. The number of benzene rings is 1. The van der Waals surface area contributed by atoms with E-state index < -0.39 is 18.2 Å². The van der Waals surface area contributed by atoms with Gasteiger partial charge in [-0.3, -0.25) is 14.8 Å². The van der Waals surface area contributed by atoms with Gasteiger partial charge in [0.1, 0.15) is 19.3 Å². The Hall–Kier alpha value is -3.52. The number of carboxylic acids is 1. The number of cyclic esters (lactones) is 1. The monoisotopic (exact) mass is 528 g/mol. The van der Waals surface area contributed by atoms with Crippen LogP contribution in [-0.2, 0) is 16.0 Å². The Morgan fingerprint density at radius 1 is 1.15 bits per heavy atom. The molecule has 1 aromatic carbocycles. The number of ether oxygens (including phenoxy) is 4. The number of anilines is 1. The number of aryl methyl sites for hydroxylation is 1. The summed E-state index contributed by atoms with van der Waals surface area (Å²) in [4.78, 5) is 36.3. The smallest absolute Gasteiger partial charge is 0.550 e. The quantitative estimate of drug-likeness (QED) is 0.281. The Morgan fingerprint density at radius 3 is 2.77 bits per heavy atom. The number of methoxy groups -OCH3 is 1. The fraction of sp³-hybridized carbons (Fsp3) is 0.407. The predicted molar refractivity (Wildman–Crippen MR) is 136 cm³/mol. The molecular formula is C27H29LiN4O7. The summed E-state index contributed by atoms with van der Waals surface area (Å²) in [5.74, 6) is 0.644. The minimum atomic E-state index is -1.12. The van der Waals surface area contributed by atoms with Gasteiger partial charge in [0.15, 0.2) is 11.5 Å². The SMILES string of the molecule is COc1ccc2nccc(CCCN(CCC(=O)[O-])CC3CN(c4ccc5c(c4)OCCO5)C(=O)O3)c2n1.[Li+]. The maximum absolute atomic E-state index is 12.7. The fourth-order valence-corrected chi connectivity index (χ4v) is 4.73. The molecule has 12 heteroatoms. The van der Waals surface area contributed by atoms with Gasteiger partial charge in [-0.05, 0) is 55.6 Å². The maximum Gasteiger partial charge on any atom is 1.00 e. The molecule has 2 aliphatic rings. The normalized spacial score (nSPS) is 16.2. The number of fused-ring (bicyclic) bond motifs is 2. The fourth-order valence-electron chi connectivity index (χ4n) is 4.73. The van der Waals surface area contributed by atoms with Crippen LogP contribution in [-0.4, -0.2) is 79.5 Å². The third-order valence-corrected chi connectivity index (χ3v) is 6.58. The van der Waals surface area contributed by atoms with Crippen molar-refractivity contribution in [2.75, 3.05) is 51.4 Å². The Balaban J connectivity index is 0.00000353. The number of aromatic nitrogens is 2. The number of nitrogens with zero attached hydrogens (tertiary/aromatic N) is 4. The van der Waals surface area contributed by atoms with Crippen molar-refractivity contribution in [1.29, 1.82) is 0 Å². The van der Waals surface area contributed by atoms with Gasteiger partial charge in [0.25, 0.3) is 0 Å². The predicted octanol–water partition coefficient (Wildman–Crippen LogP) is -1.19. The van der Waals surface area contributed by atoms with Crippen LogP contribution in [0.4, 0.5) is 10.5 Å². The van der Waals surface area contributed by atoms with Crippen molar-refractivity contribution in [2.45, 2.75) is 25.4 Å². The number of carbonyl (C=O) groups is 2. The summed E-state index contributed by atoms with van der Waals surface area (Å²) >= 11 is 0. The first-order chi connectivity index (χ1) is 18.5. The van der Waals surface area contributed by atoms with Gasteiger partial charge < -0.3 is 28.8 Å². The molecule has 0 N–H and O–H groups in total. The van der Waals surface area contributed by atoms with Crippen LogP contribution in [0.2, 0.25) is 0 Å². The molecular weight excluding hydrogens is 499 g/mol. The van der Waals surface area contributed by atoms with Gasteiger partial charge in [-0.1, -0.05) is 0 Å². The van der Waals surface area contributed by atoms with Crippen LogP contribution in [0.15, 0.2) is 42.6 Å². The van der Waals surface area contributed by atoms with Crippen molar-refractivity contribution < 1.29 is 52.5 Å². The van der Waals surface area contributed by atoms with Gasteiger partial charge in [-0.25, -0.2) is 9.78 Å². The number of hydrogen-bond donors (Lipinski definition) is 0. The van der Waals surface area contributed by atoms with E-state index in [1.807, 2.05) is 17.0 Å². The Bertz CT molecular complexity index is 1320. The summed E-state index contributed by atoms with van der Waals surface area (Å²) in [7, 11) is 1.57. The first-order valence-corrected chi connectivity index (χ1v) is 12.6. The largest absolute Gasteiger partial charge is 1.00 e. The Morgan fingerprint density at radius 2 is 1.97 bits per heavy atom. The molecule has 0 bridgehead atoms. The van der Waals surface area contributed by atoms with Gasteiger partial charge in [0.2, 0.25) is 5.88 Å². The van der Waals surface area contributed by atoms with Crippen LogP contribution in [0.5, 0.6) is 17.4 Å². The average molecular weight is 528 g/mol. The number of aliphatic carboxylic acids is 1. The second-order valence-electron chi connectivity index (χ2n) is 9.16. The van der Waals surface area contributed by atoms with Crippen molar-refractivity contribution in [1.82, 2.24) is 14.9 Å². The van der Waals surface area contributed by atoms with Gasteiger partial charge in [-0.2, -0.15) is 0 Å². The first-order valence-electron chi connectivity index (χ1n) is 12.6. The van der Waals surface area contributed by atoms with E-state index in [-0.39, 0.29) is 25.3 Å². The Labute approximate surface area is 238 Å². The van der Waals surface area contributed by atoms with Crippen LogP contribution >= 0.6 is 0 Å². The third kappa shape index (κ3) is 6.92. The molecule has 1 amide bonds. The van der Waals surface area contributed by atoms with E-state index in [0.29, 0.717) is 62.5 Å². The van der Waals surface area contributed by atoms with Gasteiger partial charge in [0.05, 0.1) is 30.4 Å². The molecule has 3 aromatic rings. The molecule has 1 atom stereocenters. The van der Waals surface area contributed by atoms with Gasteiger partial charge in [0, 0.05) is 37.4 Å². The number of rotatable bonds is 11. The molecule has 0 saturated carbocycles. The minimum Gasteiger partial charge on any atom is -0.550 e. The van der Waals surface area contributed by atoms with E-state index in [1.165, 1.54) is 0 Å². The molecule has 2 aromatic heterocycles. The Kier molecular flexibility index (Phi) is 9.51. The maximum atomic E-state index is 12.7.